The third kappa shape index (κ3) is 7.37. The first kappa shape index (κ1) is 21.0. The van der Waals surface area contributed by atoms with Crippen molar-refractivity contribution in [2.75, 3.05) is 57.4 Å². The average molecular weight is 404 g/mol. The summed E-state index contributed by atoms with van der Waals surface area (Å²) in [5.41, 5.74) is 5.28. The Morgan fingerprint density at radius 2 is 1.75 bits per heavy atom. The second-order valence-electron chi connectivity index (χ2n) is 7.43. The van der Waals surface area contributed by atoms with E-state index in [1.165, 1.54) is 44.5 Å². The summed E-state index contributed by atoms with van der Waals surface area (Å²) >= 11 is 5.28. The summed E-state index contributed by atoms with van der Waals surface area (Å²) in [6, 6.07) is 8.61. The van der Waals surface area contributed by atoms with Crippen molar-refractivity contribution in [3.05, 3.63) is 29.8 Å². The monoisotopic (exact) mass is 403 g/mol. The van der Waals surface area contributed by atoms with Crippen molar-refractivity contribution in [1.82, 2.24) is 15.6 Å². The lowest BCUT2D eigenvalue weighted by Gasteiger charge is -2.26. The van der Waals surface area contributed by atoms with E-state index in [1.807, 2.05) is 6.21 Å². The number of hydrazone groups is 1. The first-order valence-corrected chi connectivity index (χ1v) is 10.9. The molecule has 0 atom stereocenters. The molecule has 1 aromatic carbocycles. The summed E-state index contributed by atoms with van der Waals surface area (Å²) in [5, 5.41) is 8.03. The van der Waals surface area contributed by atoms with Gasteiger partial charge in [0.1, 0.15) is 0 Å². The highest BCUT2D eigenvalue weighted by atomic mass is 32.1. The Morgan fingerprint density at radius 1 is 1.04 bits per heavy atom. The zero-order chi connectivity index (χ0) is 19.4. The first-order valence-electron chi connectivity index (χ1n) is 10.5. The molecule has 0 saturated carbocycles. The molecule has 7 heteroatoms. The SMILES string of the molecule is S=C(NCCCN1CCOCC1)N/N=C\c1ccc(N2CCCCCC2)cc1. The van der Waals surface area contributed by atoms with Crippen LogP contribution in [0.2, 0.25) is 0 Å². The van der Waals surface area contributed by atoms with Gasteiger partial charge in [0.05, 0.1) is 19.4 Å². The molecule has 0 amide bonds. The zero-order valence-electron chi connectivity index (χ0n) is 16.7. The average Bonchev–Trinajstić information content (AvgIpc) is 3.02. The second kappa shape index (κ2) is 12.0. The fourth-order valence-corrected chi connectivity index (χ4v) is 3.79. The molecule has 2 heterocycles. The normalized spacial score (nSPS) is 18.8. The van der Waals surface area contributed by atoms with E-state index in [-0.39, 0.29) is 0 Å². The second-order valence-corrected chi connectivity index (χ2v) is 7.83. The van der Waals surface area contributed by atoms with Gasteiger partial charge < -0.3 is 15.0 Å². The number of hydrogen-bond acceptors (Lipinski definition) is 5. The molecule has 0 aromatic heterocycles. The number of nitrogens with zero attached hydrogens (tertiary/aromatic N) is 3. The summed E-state index contributed by atoms with van der Waals surface area (Å²) in [7, 11) is 0. The predicted octanol–water partition coefficient (Wildman–Crippen LogP) is 2.59. The van der Waals surface area contributed by atoms with Crippen LogP contribution in [0.1, 0.15) is 37.7 Å². The Hall–Kier alpha value is -1.70. The van der Waals surface area contributed by atoms with Crippen LogP contribution >= 0.6 is 12.2 Å². The van der Waals surface area contributed by atoms with Gasteiger partial charge in [0.2, 0.25) is 0 Å². The lowest BCUT2D eigenvalue weighted by atomic mass is 10.2. The summed E-state index contributed by atoms with van der Waals surface area (Å²) in [5.74, 6) is 0. The van der Waals surface area contributed by atoms with Gasteiger partial charge in [-0.3, -0.25) is 10.3 Å². The number of nitrogens with one attached hydrogen (secondary N) is 2. The van der Waals surface area contributed by atoms with E-state index in [2.05, 4.69) is 49.9 Å². The molecule has 2 aliphatic heterocycles. The van der Waals surface area contributed by atoms with Gasteiger partial charge in [0, 0.05) is 38.4 Å². The molecule has 28 heavy (non-hydrogen) atoms. The summed E-state index contributed by atoms with van der Waals surface area (Å²) < 4.78 is 5.36. The third-order valence-electron chi connectivity index (χ3n) is 5.28. The molecule has 3 rings (SSSR count). The largest absolute Gasteiger partial charge is 0.379 e. The van der Waals surface area contributed by atoms with Crippen LogP contribution in [0.25, 0.3) is 0 Å². The molecule has 0 bridgehead atoms. The molecule has 1 aromatic rings. The highest BCUT2D eigenvalue weighted by molar-refractivity contribution is 7.80. The topological polar surface area (TPSA) is 52.1 Å². The van der Waals surface area contributed by atoms with Crippen molar-refractivity contribution in [2.45, 2.75) is 32.1 Å². The van der Waals surface area contributed by atoms with Crippen LogP contribution in [0.4, 0.5) is 5.69 Å². The summed E-state index contributed by atoms with van der Waals surface area (Å²) in [6.45, 7) is 8.02. The van der Waals surface area contributed by atoms with Crippen molar-refractivity contribution in [1.29, 1.82) is 0 Å². The Bertz CT molecular complexity index is 608. The Balaban J connectivity index is 1.32. The van der Waals surface area contributed by atoms with Crippen LogP contribution in [-0.2, 0) is 4.74 Å². The zero-order valence-corrected chi connectivity index (χ0v) is 17.6. The van der Waals surface area contributed by atoms with E-state index in [4.69, 9.17) is 17.0 Å². The van der Waals surface area contributed by atoms with Crippen molar-refractivity contribution >= 4 is 29.2 Å². The molecular formula is C21H33N5OS. The van der Waals surface area contributed by atoms with Gasteiger partial charge in [-0.1, -0.05) is 25.0 Å². The number of hydrogen-bond donors (Lipinski definition) is 2. The van der Waals surface area contributed by atoms with E-state index in [0.29, 0.717) is 5.11 Å². The van der Waals surface area contributed by atoms with Gasteiger partial charge in [0.25, 0.3) is 0 Å². The Labute approximate surface area is 174 Å². The molecule has 6 nitrogen and oxygen atoms in total. The van der Waals surface area contributed by atoms with Gasteiger partial charge in [-0.05, 0) is 55.7 Å². The number of rotatable bonds is 7. The van der Waals surface area contributed by atoms with E-state index >= 15 is 0 Å². The van der Waals surface area contributed by atoms with Crippen molar-refractivity contribution < 1.29 is 4.74 Å². The van der Waals surface area contributed by atoms with E-state index in [0.717, 1.165) is 51.4 Å². The quantitative estimate of drug-likeness (QED) is 0.316. The van der Waals surface area contributed by atoms with Crippen LogP contribution in [0.15, 0.2) is 29.4 Å². The molecule has 0 radical (unpaired) electrons. The van der Waals surface area contributed by atoms with Crippen LogP contribution in [0, 0.1) is 0 Å². The van der Waals surface area contributed by atoms with Gasteiger partial charge in [-0.25, -0.2) is 0 Å². The van der Waals surface area contributed by atoms with Gasteiger partial charge in [-0.15, -0.1) is 0 Å². The summed E-state index contributed by atoms with van der Waals surface area (Å²) in [4.78, 5) is 4.91. The van der Waals surface area contributed by atoms with Crippen molar-refractivity contribution in [3.63, 3.8) is 0 Å². The number of ether oxygens (including phenoxy) is 1. The minimum atomic E-state index is 0.569. The lowest BCUT2D eigenvalue weighted by molar-refractivity contribution is 0.0376. The molecule has 2 N–H and O–H groups in total. The van der Waals surface area contributed by atoms with Crippen LogP contribution in [0.5, 0.6) is 0 Å². The minimum absolute atomic E-state index is 0.569. The molecule has 154 valence electrons. The Morgan fingerprint density at radius 3 is 2.46 bits per heavy atom. The van der Waals surface area contributed by atoms with Gasteiger partial charge >= 0.3 is 0 Å². The minimum Gasteiger partial charge on any atom is -0.379 e. The molecular weight excluding hydrogens is 370 g/mol. The molecule has 0 unspecified atom stereocenters. The maximum Gasteiger partial charge on any atom is 0.186 e. The number of anilines is 1. The van der Waals surface area contributed by atoms with Crippen LogP contribution < -0.4 is 15.6 Å². The van der Waals surface area contributed by atoms with Crippen molar-refractivity contribution in [2.24, 2.45) is 5.10 Å². The first-order chi connectivity index (χ1) is 13.8. The van der Waals surface area contributed by atoms with Gasteiger partial charge in [0.15, 0.2) is 5.11 Å². The molecule has 0 spiro atoms. The standard InChI is InChI=1S/C21H33N5OS/c28-21(22-10-5-11-25-14-16-27-17-15-25)24-23-18-19-6-8-20(9-7-19)26-12-3-1-2-4-13-26/h6-9,18H,1-5,10-17H2,(H2,22,24,28)/b23-18-. The molecule has 0 aliphatic carbocycles. The maximum atomic E-state index is 5.36. The predicted molar refractivity (Wildman–Crippen MR) is 120 cm³/mol. The highest BCUT2D eigenvalue weighted by Crippen LogP contribution is 2.19. The van der Waals surface area contributed by atoms with Crippen molar-refractivity contribution in [3.8, 4) is 0 Å². The summed E-state index contributed by atoms with van der Waals surface area (Å²) in [6.07, 6.45) is 8.17. The number of thiocarbonyl (C=S) groups is 1. The van der Waals surface area contributed by atoms with E-state index in [9.17, 15) is 0 Å². The molecule has 2 saturated heterocycles. The van der Waals surface area contributed by atoms with Crippen LogP contribution in [-0.4, -0.2) is 68.7 Å². The fourth-order valence-electron chi connectivity index (χ4n) is 3.63. The smallest absolute Gasteiger partial charge is 0.186 e. The molecule has 2 fully saturated rings. The lowest BCUT2D eigenvalue weighted by Crippen LogP contribution is -2.39. The number of benzene rings is 1. The van der Waals surface area contributed by atoms with Crippen LogP contribution in [0.3, 0.4) is 0 Å². The molecule has 2 aliphatic rings. The van der Waals surface area contributed by atoms with Gasteiger partial charge in [-0.2, -0.15) is 5.10 Å². The van der Waals surface area contributed by atoms with E-state index < -0.39 is 0 Å². The third-order valence-corrected chi connectivity index (χ3v) is 5.52. The Kier molecular flexibility index (Phi) is 9.00. The van der Waals surface area contributed by atoms with E-state index in [1.54, 1.807) is 0 Å². The fraction of sp³-hybridized carbons (Fsp3) is 0.619. The maximum absolute atomic E-state index is 5.36. The highest BCUT2D eigenvalue weighted by Gasteiger charge is 2.10. The number of morpholine rings is 1.